The highest BCUT2D eigenvalue weighted by Crippen LogP contribution is 2.39. The van der Waals surface area contributed by atoms with Gasteiger partial charge < -0.3 is 9.47 Å². The van der Waals surface area contributed by atoms with E-state index in [0.29, 0.717) is 6.10 Å². The molecule has 2 fully saturated rings. The molecule has 4 heteroatoms. The van der Waals surface area contributed by atoms with Crippen LogP contribution < -0.4 is 4.74 Å². The fourth-order valence-corrected chi connectivity index (χ4v) is 4.81. The van der Waals surface area contributed by atoms with Crippen LogP contribution in [0.25, 0.3) is 0 Å². The van der Waals surface area contributed by atoms with Gasteiger partial charge in [-0.25, -0.2) is 0 Å². The van der Waals surface area contributed by atoms with Gasteiger partial charge in [-0.05, 0) is 61.5 Å². The second-order valence-electron chi connectivity index (χ2n) is 6.25. The summed E-state index contributed by atoms with van der Waals surface area (Å²) in [7, 11) is 0. The number of hydrogen-bond acceptors (Lipinski definition) is 3. The Bertz CT molecular complexity index is 483. The van der Waals surface area contributed by atoms with E-state index in [-0.39, 0.29) is 5.60 Å². The van der Waals surface area contributed by atoms with Crippen LogP contribution in [-0.2, 0) is 4.74 Å². The van der Waals surface area contributed by atoms with Crippen molar-refractivity contribution < 1.29 is 9.47 Å². The summed E-state index contributed by atoms with van der Waals surface area (Å²) in [5, 5.41) is 0. The fourth-order valence-electron chi connectivity index (χ4n) is 3.34. The highest BCUT2D eigenvalue weighted by molar-refractivity contribution is 9.10. The molecule has 116 valence electrons. The SMILES string of the molecule is Cc1cc(OC2CCOC3(CCSCC3)C2)cc(C)c1Br. The van der Waals surface area contributed by atoms with Crippen molar-refractivity contribution in [1.82, 2.24) is 0 Å². The maximum atomic E-state index is 6.29. The van der Waals surface area contributed by atoms with Crippen LogP contribution in [0.2, 0.25) is 0 Å². The van der Waals surface area contributed by atoms with Gasteiger partial charge in [0.05, 0.1) is 12.2 Å². The van der Waals surface area contributed by atoms with E-state index in [1.54, 1.807) is 0 Å². The third kappa shape index (κ3) is 3.59. The fraction of sp³-hybridized carbons (Fsp3) is 0.647. The molecule has 0 saturated carbocycles. The summed E-state index contributed by atoms with van der Waals surface area (Å²) in [6.07, 6.45) is 4.69. The third-order valence-electron chi connectivity index (χ3n) is 4.56. The van der Waals surface area contributed by atoms with Crippen molar-refractivity contribution in [3.05, 3.63) is 27.7 Å². The molecule has 21 heavy (non-hydrogen) atoms. The highest BCUT2D eigenvalue weighted by Gasteiger charge is 2.39. The van der Waals surface area contributed by atoms with Crippen molar-refractivity contribution in [3.8, 4) is 5.75 Å². The summed E-state index contributed by atoms with van der Waals surface area (Å²) in [6, 6.07) is 4.27. The van der Waals surface area contributed by atoms with Gasteiger partial charge in [0, 0.05) is 17.3 Å². The molecule has 0 bridgehead atoms. The molecule has 1 unspecified atom stereocenters. The van der Waals surface area contributed by atoms with Crippen LogP contribution in [0, 0.1) is 13.8 Å². The second kappa shape index (κ2) is 6.51. The molecule has 2 heterocycles. The lowest BCUT2D eigenvalue weighted by Crippen LogP contribution is -2.46. The van der Waals surface area contributed by atoms with Gasteiger partial charge in [-0.1, -0.05) is 15.9 Å². The summed E-state index contributed by atoms with van der Waals surface area (Å²) >= 11 is 5.67. The van der Waals surface area contributed by atoms with Crippen LogP contribution in [0.4, 0.5) is 0 Å². The summed E-state index contributed by atoms with van der Waals surface area (Å²) < 4.78 is 13.6. The Kier molecular flexibility index (Phi) is 4.87. The van der Waals surface area contributed by atoms with Crippen molar-refractivity contribution in [1.29, 1.82) is 0 Å². The molecule has 2 nitrogen and oxygen atoms in total. The van der Waals surface area contributed by atoms with Crippen LogP contribution in [-0.4, -0.2) is 29.8 Å². The Morgan fingerprint density at radius 2 is 1.90 bits per heavy atom. The minimum absolute atomic E-state index is 0.0909. The smallest absolute Gasteiger partial charge is 0.120 e. The Morgan fingerprint density at radius 3 is 2.57 bits per heavy atom. The first-order valence-electron chi connectivity index (χ1n) is 7.73. The van der Waals surface area contributed by atoms with E-state index < -0.39 is 0 Å². The van der Waals surface area contributed by atoms with Gasteiger partial charge in [-0.2, -0.15) is 11.8 Å². The number of ether oxygens (including phenoxy) is 2. The van der Waals surface area contributed by atoms with Crippen LogP contribution in [0.15, 0.2) is 16.6 Å². The molecule has 1 aromatic carbocycles. The molecule has 0 N–H and O–H groups in total. The molecule has 2 aliphatic heterocycles. The van der Waals surface area contributed by atoms with E-state index in [2.05, 4.69) is 41.9 Å². The summed E-state index contributed by atoms with van der Waals surface area (Å²) in [5.41, 5.74) is 2.56. The van der Waals surface area contributed by atoms with Crippen molar-refractivity contribution >= 4 is 27.7 Å². The Morgan fingerprint density at radius 1 is 1.24 bits per heavy atom. The molecule has 2 aliphatic rings. The molecule has 3 rings (SSSR count). The van der Waals surface area contributed by atoms with Crippen LogP contribution in [0.3, 0.4) is 0 Å². The molecule has 1 atom stereocenters. The normalized spacial score (nSPS) is 25.0. The molecule has 0 amide bonds. The summed E-state index contributed by atoms with van der Waals surface area (Å²) in [4.78, 5) is 0. The van der Waals surface area contributed by atoms with Crippen LogP contribution in [0.5, 0.6) is 5.75 Å². The molecule has 2 saturated heterocycles. The van der Waals surface area contributed by atoms with Crippen LogP contribution >= 0.6 is 27.7 Å². The number of benzene rings is 1. The first-order chi connectivity index (χ1) is 10.1. The number of rotatable bonds is 2. The monoisotopic (exact) mass is 370 g/mol. The number of aryl methyl sites for hydroxylation is 2. The molecule has 0 radical (unpaired) electrons. The molecule has 0 aliphatic carbocycles. The van der Waals surface area contributed by atoms with E-state index >= 15 is 0 Å². The Hall–Kier alpha value is -0.190. The quantitative estimate of drug-likeness (QED) is 0.738. The lowest BCUT2D eigenvalue weighted by Gasteiger charge is -2.43. The number of hydrogen-bond donors (Lipinski definition) is 0. The second-order valence-corrected chi connectivity index (χ2v) is 8.27. The molecule has 0 aromatic heterocycles. The average molecular weight is 371 g/mol. The van der Waals surface area contributed by atoms with Crippen molar-refractivity contribution in [2.45, 2.75) is 51.2 Å². The minimum Gasteiger partial charge on any atom is -0.490 e. The number of thioether (sulfide) groups is 1. The van der Waals surface area contributed by atoms with Crippen molar-refractivity contribution in [2.24, 2.45) is 0 Å². The van der Waals surface area contributed by atoms with Gasteiger partial charge >= 0.3 is 0 Å². The summed E-state index contributed by atoms with van der Waals surface area (Å²) in [6.45, 7) is 5.07. The maximum Gasteiger partial charge on any atom is 0.120 e. The standard InChI is InChI=1S/C17H23BrO2S/c1-12-9-15(10-13(2)16(12)18)20-14-3-6-19-17(11-14)4-7-21-8-5-17/h9-10,14H,3-8,11H2,1-2H3. The van der Waals surface area contributed by atoms with Gasteiger partial charge in [0.25, 0.3) is 0 Å². The average Bonchev–Trinajstić information content (AvgIpc) is 2.45. The van der Waals surface area contributed by atoms with Crippen LogP contribution in [0.1, 0.15) is 36.8 Å². The Balaban J connectivity index is 1.70. The van der Waals surface area contributed by atoms with Gasteiger partial charge in [0.2, 0.25) is 0 Å². The zero-order chi connectivity index (χ0) is 14.9. The highest BCUT2D eigenvalue weighted by atomic mass is 79.9. The molecule has 1 aromatic rings. The van der Waals surface area contributed by atoms with E-state index in [1.807, 2.05) is 11.8 Å². The minimum atomic E-state index is 0.0909. The lowest BCUT2D eigenvalue weighted by atomic mass is 9.86. The van der Waals surface area contributed by atoms with E-state index in [0.717, 1.165) is 25.2 Å². The first-order valence-corrected chi connectivity index (χ1v) is 9.68. The summed E-state index contributed by atoms with van der Waals surface area (Å²) in [5.74, 6) is 3.45. The van der Waals surface area contributed by atoms with Gasteiger partial charge in [-0.3, -0.25) is 0 Å². The molecular weight excluding hydrogens is 348 g/mol. The van der Waals surface area contributed by atoms with E-state index in [1.165, 1.54) is 39.9 Å². The predicted molar refractivity (Wildman–Crippen MR) is 92.5 cm³/mol. The molecular formula is C17H23BrO2S. The Labute approximate surface area is 140 Å². The lowest BCUT2D eigenvalue weighted by molar-refractivity contribution is -0.116. The largest absolute Gasteiger partial charge is 0.490 e. The van der Waals surface area contributed by atoms with E-state index in [9.17, 15) is 0 Å². The zero-order valence-corrected chi connectivity index (χ0v) is 15.2. The van der Waals surface area contributed by atoms with Gasteiger partial charge in [-0.15, -0.1) is 0 Å². The maximum absolute atomic E-state index is 6.29. The van der Waals surface area contributed by atoms with Gasteiger partial charge in [0.1, 0.15) is 11.9 Å². The number of halogens is 1. The molecule has 1 spiro atoms. The van der Waals surface area contributed by atoms with Gasteiger partial charge in [0.15, 0.2) is 0 Å². The predicted octanol–water partition coefficient (Wildman–Crippen LogP) is 4.89. The topological polar surface area (TPSA) is 18.5 Å². The third-order valence-corrected chi connectivity index (χ3v) is 6.80. The zero-order valence-electron chi connectivity index (χ0n) is 12.8. The van der Waals surface area contributed by atoms with Crippen molar-refractivity contribution in [2.75, 3.05) is 18.1 Å². The van der Waals surface area contributed by atoms with Crippen molar-refractivity contribution in [3.63, 3.8) is 0 Å². The first kappa shape index (κ1) is 15.7. The van der Waals surface area contributed by atoms with E-state index in [4.69, 9.17) is 9.47 Å².